The normalized spacial score (nSPS) is 12.2. The average molecular weight is 314 g/mol. The molecule has 4 nitrogen and oxygen atoms in total. The number of rotatable bonds is 6. The van der Waals surface area contributed by atoms with Gasteiger partial charge in [-0.15, -0.1) is 0 Å². The van der Waals surface area contributed by atoms with Crippen molar-refractivity contribution in [1.82, 2.24) is 10.7 Å². The molecule has 6 heteroatoms. The number of hydrogen-bond acceptors (Lipinski definition) is 3. The minimum Gasteiger partial charge on any atom is -0.489 e. The Bertz CT molecular complexity index is 479. The summed E-state index contributed by atoms with van der Waals surface area (Å²) in [6, 6.07) is 5.55. The average Bonchev–Trinajstić information content (AvgIpc) is 2.42. The Kier molecular flexibility index (Phi) is 7.33. The fourth-order valence-electron chi connectivity index (χ4n) is 1.36. The van der Waals surface area contributed by atoms with E-state index in [0.717, 1.165) is 18.5 Å². The van der Waals surface area contributed by atoms with Gasteiger partial charge >= 0.3 is 0 Å². The second-order valence-corrected chi connectivity index (χ2v) is 5.07. The lowest BCUT2D eigenvalue weighted by Gasteiger charge is -2.13. The Balaban J connectivity index is 2.63. The number of hydrogen-bond donors (Lipinski definition) is 2. The zero-order chi connectivity index (χ0) is 15.0. The molecule has 0 heterocycles. The van der Waals surface area contributed by atoms with Crippen molar-refractivity contribution in [3.8, 4) is 5.75 Å². The van der Waals surface area contributed by atoms with Crippen LogP contribution >= 0.6 is 23.8 Å². The molecule has 0 saturated heterocycles. The fraction of sp³-hybridized carbons (Fsp3) is 0.429. The summed E-state index contributed by atoms with van der Waals surface area (Å²) in [4.78, 5) is 0. The molecule has 0 aromatic heterocycles. The summed E-state index contributed by atoms with van der Waals surface area (Å²) in [5.74, 6) is 0.689. The van der Waals surface area contributed by atoms with Gasteiger partial charge in [0.1, 0.15) is 5.75 Å². The molecule has 0 aliphatic heterocycles. The van der Waals surface area contributed by atoms with E-state index in [9.17, 15) is 0 Å². The van der Waals surface area contributed by atoms with Crippen LogP contribution in [0, 0.1) is 0 Å². The van der Waals surface area contributed by atoms with E-state index in [1.165, 1.54) is 0 Å². The molecular formula is C14H20ClN3OS. The first kappa shape index (κ1) is 16.7. The highest BCUT2D eigenvalue weighted by Crippen LogP contribution is 2.26. The van der Waals surface area contributed by atoms with Crippen LogP contribution in [0.5, 0.6) is 5.75 Å². The zero-order valence-corrected chi connectivity index (χ0v) is 13.5. The van der Waals surface area contributed by atoms with Gasteiger partial charge in [-0.25, -0.2) is 0 Å². The van der Waals surface area contributed by atoms with Gasteiger partial charge in [0, 0.05) is 6.54 Å². The van der Waals surface area contributed by atoms with E-state index in [4.69, 9.17) is 28.6 Å². The number of ether oxygens (including phenoxy) is 1. The molecular weight excluding hydrogens is 294 g/mol. The fourth-order valence-corrected chi connectivity index (χ4v) is 1.79. The van der Waals surface area contributed by atoms with Crippen LogP contribution < -0.4 is 15.5 Å². The summed E-state index contributed by atoms with van der Waals surface area (Å²) in [6.45, 7) is 6.80. The maximum atomic E-state index is 6.18. The van der Waals surface area contributed by atoms with E-state index in [-0.39, 0.29) is 6.10 Å². The number of nitrogens with zero attached hydrogens (tertiary/aromatic N) is 1. The first-order chi connectivity index (χ1) is 9.56. The van der Waals surface area contributed by atoms with Crippen LogP contribution in [-0.4, -0.2) is 24.0 Å². The molecule has 0 aliphatic carbocycles. The van der Waals surface area contributed by atoms with Crippen LogP contribution in [0.4, 0.5) is 0 Å². The third-order valence-electron chi connectivity index (χ3n) is 2.58. The van der Waals surface area contributed by atoms with Crippen molar-refractivity contribution in [2.45, 2.75) is 33.3 Å². The van der Waals surface area contributed by atoms with Crippen molar-refractivity contribution in [2.24, 2.45) is 5.10 Å². The van der Waals surface area contributed by atoms with Gasteiger partial charge in [-0.2, -0.15) is 5.10 Å². The van der Waals surface area contributed by atoms with Gasteiger partial charge in [0.2, 0.25) is 0 Å². The minimum absolute atomic E-state index is 0.145. The van der Waals surface area contributed by atoms with E-state index in [1.54, 1.807) is 12.3 Å². The van der Waals surface area contributed by atoms with Crippen LogP contribution in [0.25, 0.3) is 0 Å². The smallest absolute Gasteiger partial charge is 0.186 e. The summed E-state index contributed by atoms with van der Waals surface area (Å²) in [6.07, 6.45) is 2.74. The van der Waals surface area contributed by atoms with E-state index in [2.05, 4.69) is 22.8 Å². The molecule has 1 atom stereocenters. The van der Waals surface area contributed by atoms with Crippen molar-refractivity contribution in [2.75, 3.05) is 6.54 Å². The molecule has 0 unspecified atom stereocenters. The van der Waals surface area contributed by atoms with Gasteiger partial charge in [0.25, 0.3) is 0 Å². The number of benzene rings is 1. The van der Waals surface area contributed by atoms with Crippen LogP contribution in [0.1, 0.15) is 32.8 Å². The molecule has 0 aliphatic rings. The van der Waals surface area contributed by atoms with Crippen molar-refractivity contribution in [3.63, 3.8) is 0 Å². The number of hydrazone groups is 1. The monoisotopic (exact) mass is 313 g/mol. The van der Waals surface area contributed by atoms with Gasteiger partial charge in [-0.1, -0.05) is 18.5 Å². The maximum Gasteiger partial charge on any atom is 0.186 e. The third kappa shape index (κ3) is 5.75. The lowest BCUT2D eigenvalue weighted by atomic mass is 10.2. The second-order valence-electron chi connectivity index (χ2n) is 4.26. The molecule has 0 radical (unpaired) electrons. The van der Waals surface area contributed by atoms with Crippen molar-refractivity contribution < 1.29 is 4.74 Å². The topological polar surface area (TPSA) is 45.7 Å². The Labute approximate surface area is 130 Å². The molecule has 2 N–H and O–H groups in total. The molecule has 1 aromatic rings. The Morgan fingerprint density at radius 1 is 1.50 bits per heavy atom. The first-order valence-electron chi connectivity index (χ1n) is 6.59. The standard InChI is InChI=1S/C14H20ClN3OS/c1-4-10(3)19-13-7-6-11(8-12(13)15)9-17-18-14(20)16-5-2/h6-10H,4-5H2,1-3H3,(H2,16,18,20)/b17-9-/t10-/m0/s1. The van der Waals surface area contributed by atoms with Crippen molar-refractivity contribution in [3.05, 3.63) is 28.8 Å². The van der Waals surface area contributed by atoms with Crippen LogP contribution in [0.3, 0.4) is 0 Å². The summed E-state index contributed by atoms with van der Waals surface area (Å²) in [5.41, 5.74) is 3.60. The molecule has 110 valence electrons. The lowest BCUT2D eigenvalue weighted by Crippen LogP contribution is -2.31. The SMILES string of the molecule is CCNC(=S)N/N=C\c1ccc(O[C@@H](C)CC)c(Cl)c1. The number of thiocarbonyl (C=S) groups is 1. The van der Waals surface area contributed by atoms with Crippen LogP contribution in [0.15, 0.2) is 23.3 Å². The quantitative estimate of drug-likeness (QED) is 0.480. The molecule has 0 saturated carbocycles. The van der Waals surface area contributed by atoms with Crippen molar-refractivity contribution in [1.29, 1.82) is 0 Å². The van der Waals surface area contributed by atoms with E-state index in [0.29, 0.717) is 15.9 Å². The highest BCUT2D eigenvalue weighted by Gasteiger charge is 2.06. The molecule has 1 rings (SSSR count). The third-order valence-corrected chi connectivity index (χ3v) is 3.11. The summed E-state index contributed by atoms with van der Waals surface area (Å²) in [7, 11) is 0. The second kappa shape index (κ2) is 8.76. The summed E-state index contributed by atoms with van der Waals surface area (Å²) >= 11 is 11.2. The van der Waals surface area contributed by atoms with Gasteiger partial charge in [0.15, 0.2) is 5.11 Å². The maximum absolute atomic E-state index is 6.18. The van der Waals surface area contributed by atoms with Gasteiger partial charge in [0.05, 0.1) is 17.3 Å². The highest BCUT2D eigenvalue weighted by atomic mass is 35.5. The summed E-state index contributed by atoms with van der Waals surface area (Å²) < 4.78 is 5.70. The Morgan fingerprint density at radius 3 is 2.85 bits per heavy atom. The van der Waals surface area contributed by atoms with E-state index in [1.807, 2.05) is 26.0 Å². The Hall–Kier alpha value is -1.33. The van der Waals surface area contributed by atoms with Crippen LogP contribution in [-0.2, 0) is 0 Å². The largest absolute Gasteiger partial charge is 0.489 e. The molecule has 0 fully saturated rings. The Morgan fingerprint density at radius 2 is 2.25 bits per heavy atom. The van der Waals surface area contributed by atoms with E-state index >= 15 is 0 Å². The number of nitrogens with one attached hydrogen (secondary N) is 2. The molecule has 20 heavy (non-hydrogen) atoms. The highest BCUT2D eigenvalue weighted by molar-refractivity contribution is 7.80. The first-order valence-corrected chi connectivity index (χ1v) is 7.38. The van der Waals surface area contributed by atoms with Gasteiger partial charge in [-0.05, 0) is 56.2 Å². The summed E-state index contributed by atoms with van der Waals surface area (Å²) in [5, 5.41) is 8.04. The predicted octanol–water partition coefficient (Wildman–Crippen LogP) is 3.34. The molecule has 1 aromatic carbocycles. The lowest BCUT2D eigenvalue weighted by molar-refractivity contribution is 0.217. The van der Waals surface area contributed by atoms with Gasteiger partial charge < -0.3 is 10.1 Å². The molecule has 0 amide bonds. The minimum atomic E-state index is 0.145. The number of halogens is 1. The van der Waals surface area contributed by atoms with Crippen LogP contribution in [0.2, 0.25) is 5.02 Å². The predicted molar refractivity (Wildman–Crippen MR) is 88.8 cm³/mol. The molecule has 0 spiro atoms. The van der Waals surface area contributed by atoms with E-state index < -0.39 is 0 Å². The van der Waals surface area contributed by atoms with Crippen molar-refractivity contribution >= 4 is 35.1 Å². The van der Waals surface area contributed by atoms with Gasteiger partial charge in [-0.3, -0.25) is 5.43 Å². The molecule has 0 bridgehead atoms. The zero-order valence-electron chi connectivity index (χ0n) is 11.9.